The first kappa shape index (κ1) is 14.4. The van der Waals surface area contributed by atoms with Crippen LogP contribution in [0, 0.1) is 0 Å². The number of hydrogen-bond donors (Lipinski definition) is 1. The molecule has 0 aliphatic carbocycles. The van der Waals surface area contributed by atoms with Gasteiger partial charge in [0.1, 0.15) is 25.0 Å². The molecule has 1 N–H and O–H groups in total. The number of quaternary nitrogens is 1. The molecule has 1 aliphatic heterocycles. The summed E-state index contributed by atoms with van der Waals surface area (Å²) in [5.41, 5.74) is 0. The van der Waals surface area contributed by atoms with Crippen molar-refractivity contribution in [3.63, 3.8) is 0 Å². The molecule has 3 nitrogen and oxygen atoms in total. The van der Waals surface area contributed by atoms with Gasteiger partial charge in [0.05, 0.1) is 19.6 Å². The minimum atomic E-state index is -0.377. The summed E-state index contributed by atoms with van der Waals surface area (Å²) < 4.78 is 6.69. The van der Waals surface area contributed by atoms with Crippen LogP contribution in [0.1, 0.15) is 26.2 Å². The number of likely N-dealkylation sites (tertiary alicyclic amines) is 1. The number of nitrogens with zero attached hydrogens (tertiary/aromatic N) is 1. The molecule has 1 unspecified atom stereocenters. The summed E-state index contributed by atoms with van der Waals surface area (Å²) in [6.07, 6.45) is 3.55. The molecule has 1 aliphatic rings. The molecule has 0 spiro atoms. The molecule has 0 bridgehead atoms. The van der Waals surface area contributed by atoms with E-state index in [1.54, 1.807) is 0 Å². The molecule has 1 aromatic rings. The van der Waals surface area contributed by atoms with Crippen LogP contribution in [0.25, 0.3) is 0 Å². The van der Waals surface area contributed by atoms with Gasteiger partial charge in [0.15, 0.2) is 0 Å². The topological polar surface area (TPSA) is 29.5 Å². The highest BCUT2D eigenvalue weighted by Gasteiger charge is 2.30. The van der Waals surface area contributed by atoms with Gasteiger partial charge < -0.3 is 14.3 Å². The molecule has 0 saturated carbocycles. The van der Waals surface area contributed by atoms with Crippen molar-refractivity contribution in [2.75, 3.05) is 32.8 Å². The molecule has 0 aromatic heterocycles. The van der Waals surface area contributed by atoms with Crippen LogP contribution in [-0.4, -0.2) is 48.5 Å². The zero-order valence-corrected chi connectivity index (χ0v) is 11.9. The Hall–Kier alpha value is -1.06. The zero-order valence-electron chi connectivity index (χ0n) is 11.9. The van der Waals surface area contributed by atoms with Crippen molar-refractivity contribution in [1.82, 2.24) is 0 Å². The lowest BCUT2D eigenvalue weighted by molar-refractivity contribution is -0.933. The van der Waals surface area contributed by atoms with Gasteiger partial charge in [0.2, 0.25) is 0 Å². The Kier molecular flexibility index (Phi) is 5.23. The number of piperidine rings is 1. The lowest BCUT2D eigenvalue weighted by Gasteiger charge is -2.41. The number of aliphatic hydroxyl groups excluding tert-OH is 1. The quantitative estimate of drug-likeness (QED) is 0.800. The van der Waals surface area contributed by atoms with Gasteiger partial charge in [-0.3, -0.25) is 0 Å². The summed E-state index contributed by atoms with van der Waals surface area (Å²) in [7, 11) is 0. The Morgan fingerprint density at radius 3 is 2.47 bits per heavy atom. The molecule has 2 rings (SSSR count). The summed E-state index contributed by atoms with van der Waals surface area (Å²) in [5.74, 6) is 0.836. The number of likely N-dealkylation sites (N-methyl/N-ethyl adjacent to an activating group) is 1. The van der Waals surface area contributed by atoms with E-state index in [9.17, 15) is 5.11 Å². The van der Waals surface area contributed by atoms with E-state index in [1.165, 1.54) is 32.4 Å². The molecule has 3 heteroatoms. The normalized spacial score (nSPS) is 19.9. The average Bonchev–Trinajstić information content (AvgIpc) is 2.47. The van der Waals surface area contributed by atoms with Crippen molar-refractivity contribution >= 4 is 0 Å². The Balaban J connectivity index is 1.81. The van der Waals surface area contributed by atoms with Crippen molar-refractivity contribution in [2.24, 2.45) is 0 Å². The number of hydrogen-bond acceptors (Lipinski definition) is 2. The molecule has 1 fully saturated rings. The van der Waals surface area contributed by atoms with Gasteiger partial charge in [-0.05, 0) is 38.3 Å². The Bertz CT molecular complexity index is 360. The van der Waals surface area contributed by atoms with Gasteiger partial charge in [-0.25, -0.2) is 0 Å². The molecule has 0 radical (unpaired) electrons. The fourth-order valence-electron chi connectivity index (χ4n) is 3.02. The van der Waals surface area contributed by atoms with E-state index in [0.29, 0.717) is 6.61 Å². The van der Waals surface area contributed by atoms with Crippen molar-refractivity contribution in [3.05, 3.63) is 30.3 Å². The first-order chi connectivity index (χ1) is 9.24. The van der Waals surface area contributed by atoms with E-state index in [2.05, 4.69) is 6.92 Å². The van der Waals surface area contributed by atoms with Crippen LogP contribution in [0.5, 0.6) is 5.75 Å². The van der Waals surface area contributed by atoms with E-state index in [4.69, 9.17) is 4.74 Å². The molecule has 1 heterocycles. The first-order valence-corrected chi connectivity index (χ1v) is 7.45. The van der Waals surface area contributed by atoms with E-state index in [0.717, 1.165) is 23.3 Å². The minimum Gasteiger partial charge on any atom is -0.491 e. The molecule has 1 saturated heterocycles. The van der Waals surface area contributed by atoms with Crippen molar-refractivity contribution in [2.45, 2.75) is 32.3 Å². The van der Waals surface area contributed by atoms with Gasteiger partial charge in [-0.15, -0.1) is 0 Å². The van der Waals surface area contributed by atoms with Crippen LogP contribution in [0.3, 0.4) is 0 Å². The summed E-state index contributed by atoms with van der Waals surface area (Å²) in [6, 6.07) is 9.72. The third-order valence-electron chi connectivity index (χ3n) is 4.22. The van der Waals surface area contributed by atoms with Gasteiger partial charge in [0.25, 0.3) is 0 Å². The van der Waals surface area contributed by atoms with Crippen molar-refractivity contribution in [1.29, 1.82) is 0 Å². The number of aliphatic hydroxyl groups is 1. The third kappa shape index (κ3) is 4.22. The standard InChI is InChI=1S/C16H26NO2/c1-2-17(11-7-4-8-12-17)13-15(18)14-19-16-9-5-3-6-10-16/h3,5-6,9-10,15,18H,2,4,7-8,11-14H2,1H3/q+1. The lowest BCUT2D eigenvalue weighted by atomic mass is 10.1. The van der Waals surface area contributed by atoms with Crippen molar-refractivity contribution < 1.29 is 14.3 Å². The number of para-hydroxylation sites is 1. The van der Waals surface area contributed by atoms with Crippen molar-refractivity contribution in [3.8, 4) is 5.75 Å². The van der Waals surface area contributed by atoms with E-state index in [-0.39, 0.29) is 6.10 Å². The second-order valence-corrected chi connectivity index (χ2v) is 5.63. The highest BCUT2D eigenvalue weighted by atomic mass is 16.5. The Morgan fingerprint density at radius 1 is 1.16 bits per heavy atom. The molecule has 19 heavy (non-hydrogen) atoms. The monoisotopic (exact) mass is 264 g/mol. The fourth-order valence-corrected chi connectivity index (χ4v) is 3.02. The second kappa shape index (κ2) is 6.92. The maximum atomic E-state index is 10.2. The number of rotatable bonds is 6. The highest BCUT2D eigenvalue weighted by molar-refractivity contribution is 5.20. The van der Waals surface area contributed by atoms with Gasteiger partial charge in [-0.1, -0.05) is 18.2 Å². The molecular weight excluding hydrogens is 238 g/mol. The summed E-state index contributed by atoms with van der Waals surface area (Å²) in [4.78, 5) is 0. The first-order valence-electron chi connectivity index (χ1n) is 7.45. The van der Waals surface area contributed by atoms with Crippen LogP contribution in [0.4, 0.5) is 0 Å². The predicted octanol–water partition coefficient (Wildman–Crippen LogP) is 2.45. The molecule has 106 valence electrons. The maximum Gasteiger partial charge on any atom is 0.137 e. The van der Waals surface area contributed by atoms with E-state index >= 15 is 0 Å². The van der Waals surface area contributed by atoms with E-state index in [1.807, 2.05) is 30.3 Å². The second-order valence-electron chi connectivity index (χ2n) is 5.63. The van der Waals surface area contributed by atoms with E-state index < -0.39 is 0 Å². The summed E-state index contributed by atoms with van der Waals surface area (Å²) in [6.45, 7) is 6.98. The van der Waals surface area contributed by atoms with Crippen LogP contribution in [-0.2, 0) is 0 Å². The third-order valence-corrected chi connectivity index (χ3v) is 4.22. The number of benzene rings is 1. The lowest BCUT2D eigenvalue weighted by Crippen LogP contribution is -2.55. The maximum absolute atomic E-state index is 10.2. The van der Waals surface area contributed by atoms with Crippen LogP contribution < -0.4 is 4.74 Å². The van der Waals surface area contributed by atoms with Crippen LogP contribution in [0.2, 0.25) is 0 Å². The Morgan fingerprint density at radius 2 is 1.84 bits per heavy atom. The minimum absolute atomic E-state index is 0.377. The fraction of sp³-hybridized carbons (Fsp3) is 0.625. The Labute approximate surface area is 116 Å². The molecule has 1 atom stereocenters. The van der Waals surface area contributed by atoms with Crippen LogP contribution in [0.15, 0.2) is 30.3 Å². The van der Waals surface area contributed by atoms with Crippen LogP contribution >= 0.6 is 0 Å². The van der Waals surface area contributed by atoms with Gasteiger partial charge >= 0.3 is 0 Å². The largest absolute Gasteiger partial charge is 0.491 e. The average molecular weight is 264 g/mol. The SMILES string of the molecule is CC[N+]1(CC(O)COc2ccccc2)CCCCC1. The van der Waals surface area contributed by atoms with Gasteiger partial charge in [0, 0.05) is 0 Å². The summed E-state index contributed by atoms with van der Waals surface area (Å²) in [5, 5.41) is 10.2. The van der Waals surface area contributed by atoms with Gasteiger partial charge in [-0.2, -0.15) is 0 Å². The smallest absolute Gasteiger partial charge is 0.137 e. The highest BCUT2D eigenvalue weighted by Crippen LogP contribution is 2.19. The number of ether oxygens (including phenoxy) is 1. The summed E-state index contributed by atoms with van der Waals surface area (Å²) >= 11 is 0. The molecular formula is C16H26NO2+. The predicted molar refractivity (Wildman–Crippen MR) is 77.2 cm³/mol. The molecule has 0 amide bonds. The zero-order chi connectivity index (χ0) is 13.6. The molecule has 1 aromatic carbocycles.